The molecule has 0 spiro atoms. The lowest BCUT2D eigenvalue weighted by Crippen LogP contribution is -2.30. The van der Waals surface area contributed by atoms with Crippen molar-refractivity contribution in [1.82, 2.24) is 4.98 Å². The molecule has 0 amide bonds. The molecule has 5 heteroatoms. The number of nitrogens with two attached hydrogens (primary N) is 1. The van der Waals surface area contributed by atoms with E-state index in [1.807, 2.05) is 0 Å². The molecule has 1 aliphatic heterocycles. The van der Waals surface area contributed by atoms with Crippen LogP contribution in [0.4, 0.5) is 5.13 Å². The van der Waals surface area contributed by atoms with Crippen molar-refractivity contribution in [3.8, 4) is 0 Å². The van der Waals surface area contributed by atoms with Gasteiger partial charge in [0.15, 0.2) is 5.13 Å². The van der Waals surface area contributed by atoms with Gasteiger partial charge >= 0.3 is 0 Å². The zero-order valence-corrected chi connectivity index (χ0v) is 12.4. The minimum absolute atomic E-state index is 0.529. The number of aromatic nitrogens is 1. The van der Waals surface area contributed by atoms with E-state index in [4.69, 9.17) is 15.5 Å². The summed E-state index contributed by atoms with van der Waals surface area (Å²) in [5.41, 5.74) is 9.63. The molecule has 1 aromatic heterocycles. The molecule has 0 radical (unpaired) electrons. The molecular formula is C15H19N3OS. The smallest absolute Gasteiger partial charge is 0.186 e. The Morgan fingerprint density at radius 3 is 2.90 bits per heavy atom. The van der Waals surface area contributed by atoms with Gasteiger partial charge in [-0.2, -0.15) is 0 Å². The molecule has 4 nitrogen and oxygen atoms in total. The Morgan fingerprint density at radius 1 is 1.35 bits per heavy atom. The standard InChI is InChI=1S/C15H19N3OS/c1-19-10-13-14(8-16)20-15(17-13)18-7-6-11-4-2-3-5-12(11)9-18/h2-5H,6-10,16H2,1H3. The molecule has 0 bridgehead atoms. The number of thiazole rings is 1. The number of nitrogens with zero attached hydrogens (tertiary/aromatic N) is 2. The molecule has 106 valence electrons. The van der Waals surface area contributed by atoms with Crippen molar-refractivity contribution in [2.45, 2.75) is 26.1 Å². The Morgan fingerprint density at radius 2 is 2.15 bits per heavy atom. The maximum Gasteiger partial charge on any atom is 0.186 e. The highest BCUT2D eigenvalue weighted by molar-refractivity contribution is 7.15. The third-order valence-electron chi connectivity index (χ3n) is 3.63. The summed E-state index contributed by atoms with van der Waals surface area (Å²) in [7, 11) is 1.69. The SMILES string of the molecule is COCc1nc(N2CCc3ccccc3C2)sc1CN. The summed E-state index contributed by atoms with van der Waals surface area (Å²) in [5, 5.41) is 1.06. The normalized spacial score (nSPS) is 14.4. The number of fused-ring (bicyclic) bond motifs is 1. The van der Waals surface area contributed by atoms with Crippen molar-refractivity contribution in [1.29, 1.82) is 0 Å². The van der Waals surface area contributed by atoms with Crippen LogP contribution in [0.3, 0.4) is 0 Å². The van der Waals surface area contributed by atoms with E-state index in [0.29, 0.717) is 13.2 Å². The zero-order valence-electron chi connectivity index (χ0n) is 11.6. The molecule has 0 saturated heterocycles. The number of ether oxygens (including phenoxy) is 1. The molecule has 0 unspecified atom stereocenters. The predicted octanol–water partition coefficient (Wildman–Crippen LogP) is 2.31. The van der Waals surface area contributed by atoms with Crippen LogP contribution in [0.15, 0.2) is 24.3 Å². The largest absolute Gasteiger partial charge is 0.378 e. The highest BCUT2D eigenvalue weighted by atomic mass is 32.1. The Kier molecular flexibility index (Phi) is 4.00. The summed E-state index contributed by atoms with van der Waals surface area (Å²) < 4.78 is 5.20. The summed E-state index contributed by atoms with van der Waals surface area (Å²) in [4.78, 5) is 8.17. The zero-order chi connectivity index (χ0) is 13.9. The van der Waals surface area contributed by atoms with Gasteiger partial charge in [-0.25, -0.2) is 4.98 Å². The third-order valence-corrected chi connectivity index (χ3v) is 4.82. The Hall–Kier alpha value is -1.43. The van der Waals surface area contributed by atoms with Gasteiger partial charge in [0.2, 0.25) is 0 Å². The average Bonchev–Trinajstić information content (AvgIpc) is 2.90. The van der Waals surface area contributed by atoms with Crippen molar-refractivity contribution in [3.05, 3.63) is 46.0 Å². The Labute approximate surface area is 123 Å². The molecule has 0 atom stereocenters. The van der Waals surface area contributed by atoms with Crippen LogP contribution in [0, 0.1) is 0 Å². The molecule has 1 aromatic carbocycles. The highest BCUT2D eigenvalue weighted by Crippen LogP contribution is 2.30. The molecule has 2 heterocycles. The minimum Gasteiger partial charge on any atom is -0.378 e. The summed E-state index contributed by atoms with van der Waals surface area (Å²) >= 11 is 1.69. The molecule has 2 aromatic rings. The van der Waals surface area contributed by atoms with Crippen LogP contribution < -0.4 is 10.6 Å². The lowest BCUT2D eigenvalue weighted by atomic mass is 10.0. The number of rotatable bonds is 4. The van der Waals surface area contributed by atoms with Crippen molar-refractivity contribution in [2.75, 3.05) is 18.6 Å². The van der Waals surface area contributed by atoms with Gasteiger partial charge in [0.05, 0.1) is 12.3 Å². The van der Waals surface area contributed by atoms with E-state index in [2.05, 4.69) is 29.2 Å². The Bertz CT molecular complexity index is 597. The molecular weight excluding hydrogens is 270 g/mol. The maximum atomic E-state index is 5.80. The number of methoxy groups -OCH3 is 1. The molecule has 1 aliphatic rings. The van der Waals surface area contributed by atoms with Gasteiger partial charge in [0.1, 0.15) is 0 Å². The van der Waals surface area contributed by atoms with E-state index in [9.17, 15) is 0 Å². The second kappa shape index (κ2) is 5.91. The summed E-state index contributed by atoms with van der Waals surface area (Å²) in [6.07, 6.45) is 1.08. The maximum absolute atomic E-state index is 5.80. The lowest BCUT2D eigenvalue weighted by molar-refractivity contribution is 0.181. The van der Waals surface area contributed by atoms with Crippen LogP contribution in [-0.2, 0) is 30.9 Å². The highest BCUT2D eigenvalue weighted by Gasteiger charge is 2.20. The fraction of sp³-hybridized carbons (Fsp3) is 0.400. The first-order valence-corrected chi connectivity index (χ1v) is 7.62. The molecule has 2 N–H and O–H groups in total. The quantitative estimate of drug-likeness (QED) is 0.938. The predicted molar refractivity (Wildman–Crippen MR) is 81.9 cm³/mol. The van der Waals surface area contributed by atoms with Gasteiger partial charge in [0.25, 0.3) is 0 Å². The van der Waals surface area contributed by atoms with Crippen molar-refractivity contribution < 1.29 is 4.74 Å². The van der Waals surface area contributed by atoms with Gasteiger partial charge in [0, 0.05) is 31.6 Å². The minimum atomic E-state index is 0.529. The van der Waals surface area contributed by atoms with Crippen LogP contribution >= 0.6 is 11.3 Å². The summed E-state index contributed by atoms with van der Waals surface area (Å²) in [6.45, 7) is 3.01. The fourth-order valence-corrected chi connectivity index (χ4v) is 3.54. The summed E-state index contributed by atoms with van der Waals surface area (Å²) in [6, 6.07) is 8.64. The van der Waals surface area contributed by atoms with E-state index in [1.54, 1.807) is 18.4 Å². The lowest BCUT2D eigenvalue weighted by Gasteiger charge is -2.28. The van der Waals surface area contributed by atoms with Crippen LogP contribution in [0.5, 0.6) is 0 Å². The van der Waals surface area contributed by atoms with E-state index in [-0.39, 0.29) is 0 Å². The van der Waals surface area contributed by atoms with Gasteiger partial charge in [-0.15, -0.1) is 11.3 Å². The molecule has 0 saturated carbocycles. The van der Waals surface area contributed by atoms with Gasteiger partial charge in [-0.3, -0.25) is 0 Å². The van der Waals surface area contributed by atoms with Crippen LogP contribution in [0.1, 0.15) is 21.7 Å². The van der Waals surface area contributed by atoms with Crippen molar-refractivity contribution in [3.63, 3.8) is 0 Å². The van der Waals surface area contributed by atoms with Crippen LogP contribution in [0.2, 0.25) is 0 Å². The first-order chi connectivity index (χ1) is 9.81. The first kappa shape index (κ1) is 13.5. The van der Waals surface area contributed by atoms with E-state index in [0.717, 1.165) is 35.2 Å². The van der Waals surface area contributed by atoms with E-state index in [1.165, 1.54) is 11.1 Å². The van der Waals surface area contributed by atoms with Gasteiger partial charge < -0.3 is 15.4 Å². The van der Waals surface area contributed by atoms with E-state index < -0.39 is 0 Å². The molecule has 0 fully saturated rings. The number of benzene rings is 1. The number of anilines is 1. The molecule has 3 rings (SSSR count). The van der Waals surface area contributed by atoms with E-state index >= 15 is 0 Å². The van der Waals surface area contributed by atoms with Crippen molar-refractivity contribution in [2.24, 2.45) is 5.73 Å². The first-order valence-electron chi connectivity index (χ1n) is 6.81. The third kappa shape index (κ3) is 2.57. The Balaban J connectivity index is 1.84. The molecule has 20 heavy (non-hydrogen) atoms. The number of hydrogen-bond acceptors (Lipinski definition) is 5. The fourth-order valence-electron chi connectivity index (χ4n) is 2.57. The van der Waals surface area contributed by atoms with Crippen LogP contribution in [-0.4, -0.2) is 18.6 Å². The second-order valence-electron chi connectivity index (χ2n) is 4.94. The average molecular weight is 289 g/mol. The summed E-state index contributed by atoms with van der Waals surface area (Å²) in [5.74, 6) is 0. The number of hydrogen-bond donors (Lipinski definition) is 1. The molecule has 0 aliphatic carbocycles. The van der Waals surface area contributed by atoms with Crippen LogP contribution in [0.25, 0.3) is 0 Å². The van der Waals surface area contributed by atoms with Gasteiger partial charge in [-0.05, 0) is 17.5 Å². The topological polar surface area (TPSA) is 51.4 Å². The second-order valence-corrected chi connectivity index (χ2v) is 6.01. The van der Waals surface area contributed by atoms with Crippen molar-refractivity contribution >= 4 is 16.5 Å². The monoisotopic (exact) mass is 289 g/mol. The van der Waals surface area contributed by atoms with Gasteiger partial charge in [-0.1, -0.05) is 24.3 Å².